The lowest BCUT2D eigenvalue weighted by Crippen LogP contribution is -2.41. The second-order valence-electron chi connectivity index (χ2n) is 4.71. The Labute approximate surface area is 106 Å². The zero-order valence-corrected chi connectivity index (χ0v) is 10.1. The molecule has 1 unspecified atom stereocenters. The van der Waals surface area contributed by atoms with Crippen LogP contribution in [0.15, 0.2) is 42.6 Å². The summed E-state index contributed by atoms with van der Waals surface area (Å²) in [4.78, 5) is 0. The molecule has 1 aliphatic rings. The van der Waals surface area contributed by atoms with Gasteiger partial charge in [0.1, 0.15) is 0 Å². The molecular formula is C14H16FN3. The number of hydrogen-bond acceptors (Lipinski definition) is 2. The second-order valence-corrected chi connectivity index (χ2v) is 4.71. The number of nitrogens with zero attached hydrogens (tertiary/aromatic N) is 2. The molecule has 1 fully saturated rings. The first-order valence-electron chi connectivity index (χ1n) is 6.29. The predicted octanol–water partition coefficient (Wildman–Crippen LogP) is 2.42. The van der Waals surface area contributed by atoms with Crippen molar-refractivity contribution in [3.63, 3.8) is 0 Å². The Morgan fingerprint density at radius 2 is 2.06 bits per heavy atom. The van der Waals surface area contributed by atoms with E-state index in [4.69, 9.17) is 0 Å². The molecule has 2 aromatic rings. The summed E-state index contributed by atoms with van der Waals surface area (Å²) in [5, 5.41) is 7.38. The van der Waals surface area contributed by atoms with Gasteiger partial charge >= 0.3 is 0 Å². The smallest absolute Gasteiger partial charge is 0.165 e. The maximum Gasteiger partial charge on any atom is 0.165 e. The number of alkyl halides is 1. The van der Waals surface area contributed by atoms with E-state index in [0.29, 0.717) is 18.7 Å². The molecule has 1 aliphatic heterocycles. The molecule has 1 N–H and O–H groups in total. The Balaban J connectivity index is 2.01. The topological polar surface area (TPSA) is 29.9 Å². The molecular weight excluding hydrogens is 229 g/mol. The number of benzene rings is 1. The van der Waals surface area contributed by atoms with Crippen molar-refractivity contribution < 1.29 is 4.39 Å². The van der Waals surface area contributed by atoms with Crippen LogP contribution in [-0.4, -0.2) is 22.9 Å². The fraction of sp³-hybridized carbons (Fsp3) is 0.357. The van der Waals surface area contributed by atoms with Crippen LogP contribution >= 0.6 is 0 Å². The first kappa shape index (κ1) is 11.4. The highest BCUT2D eigenvalue weighted by Gasteiger charge is 2.36. The van der Waals surface area contributed by atoms with Gasteiger partial charge in [-0.2, -0.15) is 5.10 Å². The quantitative estimate of drug-likeness (QED) is 0.880. The summed E-state index contributed by atoms with van der Waals surface area (Å²) < 4.78 is 16.7. The average Bonchev–Trinajstić information content (AvgIpc) is 2.91. The molecule has 0 radical (unpaired) electrons. The standard InChI is InChI=1S/C14H16FN3/c15-14(8-4-9-16-11-14)13-7-10-17-18(13)12-5-2-1-3-6-12/h1-3,5-7,10,16H,4,8-9,11H2. The first-order chi connectivity index (χ1) is 8.80. The molecule has 0 aliphatic carbocycles. The normalized spacial score (nSPS) is 24.1. The van der Waals surface area contributed by atoms with Crippen LogP contribution in [0.1, 0.15) is 18.5 Å². The molecule has 4 heteroatoms. The first-order valence-corrected chi connectivity index (χ1v) is 6.29. The summed E-state index contributed by atoms with van der Waals surface area (Å²) in [6.45, 7) is 1.26. The van der Waals surface area contributed by atoms with Gasteiger partial charge in [-0.3, -0.25) is 0 Å². The van der Waals surface area contributed by atoms with E-state index in [-0.39, 0.29) is 0 Å². The number of hydrogen-bond donors (Lipinski definition) is 1. The monoisotopic (exact) mass is 245 g/mol. The molecule has 1 aromatic heterocycles. The third-order valence-electron chi connectivity index (χ3n) is 3.43. The molecule has 0 saturated carbocycles. The molecule has 1 atom stereocenters. The Morgan fingerprint density at radius 1 is 1.22 bits per heavy atom. The van der Waals surface area contributed by atoms with E-state index in [1.54, 1.807) is 16.9 Å². The number of aromatic nitrogens is 2. The van der Waals surface area contributed by atoms with Gasteiger partial charge in [0.2, 0.25) is 0 Å². The van der Waals surface area contributed by atoms with Gasteiger partial charge in [-0.15, -0.1) is 0 Å². The van der Waals surface area contributed by atoms with E-state index in [2.05, 4.69) is 10.4 Å². The third-order valence-corrected chi connectivity index (χ3v) is 3.43. The highest BCUT2D eigenvalue weighted by atomic mass is 19.1. The predicted molar refractivity (Wildman–Crippen MR) is 68.5 cm³/mol. The van der Waals surface area contributed by atoms with E-state index in [9.17, 15) is 4.39 Å². The molecule has 1 aromatic carbocycles. The van der Waals surface area contributed by atoms with Gasteiger partial charge in [-0.05, 0) is 37.6 Å². The van der Waals surface area contributed by atoms with Gasteiger partial charge in [-0.1, -0.05) is 18.2 Å². The van der Waals surface area contributed by atoms with Crippen LogP contribution in [0, 0.1) is 0 Å². The summed E-state index contributed by atoms with van der Waals surface area (Å²) in [5.41, 5.74) is 0.228. The minimum absolute atomic E-state index is 0.367. The van der Waals surface area contributed by atoms with Crippen LogP contribution in [0.3, 0.4) is 0 Å². The highest BCUT2D eigenvalue weighted by Crippen LogP contribution is 2.33. The number of halogens is 1. The summed E-state index contributed by atoms with van der Waals surface area (Å²) in [7, 11) is 0. The number of piperidine rings is 1. The van der Waals surface area contributed by atoms with Gasteiger partial charge in [-0.25, -0.2) is 9.07 Å². The largest absolute Gasteiger partial charge is 0.313 e. The van der Waals surface area contributed by atoms with Gasteiger partial charge in [0, 0.05) is 12.7 Å². The molecule has 94 valence electrons. The van der Waals surface area contributed by atoms with Crippen molar-refractivity contribution in [2.24, 2.45) is 0 Å². The Hall–Kier alpha value is -1.68. The van der Waals surface area contributed by atoms with Crippen molar-refractivity contribution in [1.82, 2.24) is 15.1 Å². The zero-order valence-electron chi connectivity index (χ0n) is 10.1. The van der Waals surface area contributed by atoms with Crippen LogP contribution in [0.2, 0.25) is 0 Å². The fourth-order valence-electron chi connectivity index (χ4n) is 2.50. The molecule has 18 heavy (non-hydrogen) atoms. The van der Waals surface area contributed by atoms with Gasteiger partial charge in [0.15, 0.2) is 5.67 Å². The fourth-order valence-corrected chi connectivity index (χ4v) is 2.50. The van der Waals surface area contributed by atoms with E-state index in [1.807, 2.05) is 30.3 Å². The van der Waals surface area contributed by atoms with Crippen molar-refractivity contribution in [3.05, 3.63) is 48.3 Å². The van der Waals surface area contributed by atoms with Gasteiger partial charge < -0.3 is 5.32 Å². The number of para-hydroxylation sites is 1. The maximum absolute atomic E-state index is 15.0. The van der Waals surface area contributed by atoms with Crippen molar-refractivity contribution >= 4 is 0 Å². The summed E-state index contributed by atoms with van der Waals surface area (Å²) in [5.74, 6) is 0. The summed E-state index contributed by atoms with van der Waals surface area (Å²) in [6.07, 6.45) is 3.08. The van der Waals surface area contributed by atoms with Crippen molar-refractivity contribution in [1.29, 1.82) is 0 Å². The van der Waals surface area contributed by atoms with Gasteiger partial charge in [0.25, 0.3) is 0 Å². The molecule has 0 spiro atoms. The lowest BCUT2D eigenvalue weighted by molar-refractivity contribution is 0.113. The SMILES string of the molecule is FC1(c2ccnn2-c2ccccc2)CCCNC1. The van der Waals surface area contributed by atoms with Crippen molar-refractivity contribution in [2.45, 2.75) is 18.5 Å². The van der Waals surface area contributed by atoms with E-state index < -0.39 is 5.67 Å². The van der Waals surface area contributed by atoms with Crippen molar-refractivity contribution in [2.75, 3.05) is 13.1 Å². The van der Waals surface area contributed by atoms with E-state index in [0.717, 1.165) is 18.7 Å². The minimum Gasteiger partial charge on any atom is -0.313 e. The molecule has 0 amide bonds. The molecule has 1 saturated heterocycles. The van der Waals surface area contributed by atoms with Crippen LogP contribution in [0.4, 0.5) is 4.39 Å². The zero-order chi connectivity index (χ0) is 12.4. The van der Waals surface area contributed by atoms with Gasteiger partial charge in [0.05, 0.1) is 11.4 Å². The van der Waals surface area contributed by atoms with E-state index in [1.165, 1.54) is 0 Å². The maximum atomic E-state index is 15.0. The molecule has 2 heterocycles. The van der Waals surface area contributed by atoms with E-state index >= 15 is 0 Å². The Morgan fingerprint density at radius 3 is 2.78 bits per heavy atom. The van der Waals surface area contributed by atoms with Crippen LogP contribution in [-0.2, 0) is 5.67 Å². The number of nitrogens with one attached hydrogen (secondary N) is 1. The molecule has 3 nitrogen and oxygen atoms in total. The summed E-state index contributed by atoms with van der Waals surface area (Å²) >= 11 is 0. The number of rotatable bonds is 2. The van der Waals surface area contributed by atoms with Crippen LogP contribution < -0.4 is 5.32 Å². The third kappa shape index (κ3) is 1.93. The lowest BCUT2D eigenvalue weighted by Gasteiger charge is -2.30. The second kappa shape index (κ2) is 4.53. The average molecular weight is 245 g/mol. The Bertz CT molecular complexity index is 515. The molecule has 0 bridgehead atoms. The van der Waals surface area contributed by atoms with Crippen LogP contribution in [0.5, 0.6) is 0 Å². The minimum atomic E-state index is -1.31. The van der Waals surface area contributed by atoms with Crippen molar-refractivity contribution in [3.8, 4) is 5.69 Å². The lowest BCUT2D eigenvalue weighted by atomic mass is 9.92. The Kier molecular flexibility index (Phi) is 2.88. The van der Waals surface area contributed by atoms with Crippen LogP contribution in [0.25, 0.3) is 5.69 Å². The highest BCUT2D eigenvalue weighted by molar-refractivity contribution is 5.34. The molecule has 3 rings (SSSR count). The summed E-state index contributed by atoms with van der Waals surface area (Å²) in [6, 6.07) is 11.5.